The Morgan fingerprint density at radius 3 is 2.50 bits per heavy atom. The van der Waals surface area contributed by atoms with Crippen molar-refractivity contribution >= 4 is 5.84 Å². The van der Waals surface area contributed by atoms with Gasteiger partial charge in [0.15, 0.2) is 0 Å². The summed E-state index contributed by atoms with van der Waals surface area (Å²) in [6.45, 7) is 11.6. The van der Waals surface area contributed by atoms with Gasteiger partial charge in [-0.3, -0.25) is 5.41 Å². The van der Waals surface area contributed by atoms with Gasteiger partial charge in [0.25, 0.3) is 0 Å². The van der Waals surface area contributed by atoms with Gasteiger partial charge >= 0.3 is 0 Å². The molecule has 3 heteroatoms. The number of rotatable bonds is 6. The lowest BCUT2D eigenvalue weighted by atomic mass is 10.0. The Kier molecular flexibility index (Phi) is 6.23. The predicted octanol–water partition coefficient (Wildman–Crippen LogP) is 2.74. The Bertz CT molecular complexity index is 302. The number of hydrogen-bond donors (Lipinski definition) is 2. The molecule has 0 saturated carbocycles. The van der Waals surface area contributed by atoms with Gasteiger partial charge in [0.1, 0.15) is 11.7 Å². The highest BCUT2D eigenvalue weighted by Gasteiger charge is 2.09. The summed E-state index contributed by atoms with van der Waals surface area (Å²) < 4.78 is 0. The van der Waals surface area contributed by atoms with Crippen LogP contribution < -0.4 is 5.32 Å². The molecule has 0 spiro atoms. The Hall–Kier alpha value is -1.51. The van der Waals surface area contributed by atoms with Gasteiger partial charge < -0.3 is 10.2 Å². The molecule has 3 nitrogen and oxygen atoms in total. The first-order valence-electron chi connectivity index (χ1n) is 5.41. The molecule has 90 valence electrons. The van der Waals surface area contributed by atoms with Crippen LogP contribution in [-0.4, -0.2) is 24.8 Å². The van der Waals surface area contributed by atoms with Crippen LogP contribution in [0.3, 0.4) is 0 Å². The van der Waals surface area contributed by atoms with Crippen molar-refractivity contribution in [1.29, 1.82) is 5.41 Å². The third-order valence-electron chi connectivity index (χ3n) is 2.55. The molecule has 0 aromatic carbocycles. The number of hydrogen-bond acceptors (Lipinski definition) is 2. The van der Waals surface area contributed by atoms with E-state index in [0.29, 0.717) is 18.2 Å². The van der Waals surface area contributed by atoms with Crippen molar-refractivity contribution in [3.63, 3.8) is 0 Å². The molecule has 0 rings (SSSR count). The van der Waals surface area contributed by atoms with Crippen LogP contribution in [0.1, 0.15) is 20.3 Å². The quantitative estimate of drug-likeness (QED) is 0.411. The minimum Gasteiger partial charge on any atom is -0.375 e. The van der Waals surface area contributed by atoms with Gasteiger partial charge in [-0.25, -0.2) is 0 Å². The average molecular weight is 221 g/mol. The van der Waals surface area contributed by atoms with E-state index < -0.39 is 0 Å². The lowest BCUT2D eigenvalue weighted by Gasteiger charge is -2.23. The lowest BCUT2D eigenvalue weighted by molar-refractivity contribution is 0.551. The van der Waals surface area contributed by atoms with E-state index in [4.69, 9.17) is 5.41 Å². The van der Waals surface area contributed by atoms with Gasteiger partial charge in [-0.05, 0) is 18.9 Å². The molecular weight excluding hydrogens is 198 g/mol. The van der Waals surface area contributed by atoms with Crippen LogP contribution >= 0.6 is 0 Å². The van der Waals surface area contributed by atoms with Crippen molar-refractivity contribution in [3.05, 3.63) is 36.7 Å². The second-order valence-corrected chi connectivity index (χ2v) is 3.94. The number of allylic oxidation sites excluding steroid dienone is 2. The molecule has 0 radical (unpaired) electrons. The Labute approximate surface area is 99.0 Å². The van der Waals surface area contributed by atoms with E-state index >= 15 is 0 Å². The van der Waals surface area contributed by atoms with Crippen LogP contribution in [0.15, 0.2) is 36.7 Å². The fourth-order valence-electron chi connectivity index (χ4n) is 1.16. The molecule has 0 aliphatic rings. The van der Waals surface area contributed by atoms with Crippen LogP contribution in [0, 0.1) is 11.3 Å². The van der Waals surface area contributed by atoms with Crippen LogP contribution in [0.25, 0.3) is 0 Å². The molecule has 0 aromatic rings. The first-order chi connectivity index (χ1) is 7.43. The van der Waals surface area contributed by atoms with E-state index in [2.05, 4.69) is 31.5 Å². The van der Waals surface area contributed by atoms with Crippen molar-refractivity contribution in [3.8, 4) is 0 Å². The maximum Gasteiger partial charge on any atom is 0.105 e. The zero-order valence-electron chi connectivity index (χ0n) is 10.8. The molecule has 2 N–H and O–H groups in total. The zero-order chi connectivity index (χ0) is 12.7. The maximum atomic E-state index is 7.83. The normalized spacial score (nSPS) is 12.9. The second kappa shape index (κ2) is 6.88. The van der Waals surface area contributed by atoms with E-state index in [-0.39, 0.29) is 0 Å². The van der Waals surface area contributed by atoms with Gasteiger partial charge in [-0.2, -0.15) is 0 Å². The second-order valence-electron chi connectivity index (χ2n) is 3.94. The highest BCUT2D eigenvalue weighted by atomic mass is 15.2. The van der Waals surface area contributed by atoms with Gasteiger partial charge in [-0.1, -0.05) is 25.2 Å². The van der Waals surface area contributed by atoms with Crippen molar-refractivity contribution < 1.29 is 0 Å². The zero-order valence-corrected chi connectivity index (χ0v) is 10.8. The summed E-state index contributed by atoms with van der Waals surface area (Å²) in [6, 6.07) is 0. The van der Waals surface area contributed by atoms with Crippen LogP contribution in [0.5, 0.6) is 0 Å². The van der Waals surface area contributed by atoms with E-state index in [9.17, 15) is 0 Å². The summed E-state index contributed by atoms with van der Waals surface area (Å²) in [7, 11) is 3.73. The largest absolute Gasteiger partial charge is 0.375 e. The fourth-order valence-corrected chi connectivity index (χ4v) is 1.16. The monoisotopic (exact) mass is 221 g/mol. The van der Waals surface area contributed by atoms with E-state index in [1.54, 1.807) is 6.08 Å². The minimum atomic E-state index is 0.293. The van der Waals surface area contributed by atoms with Crippen molar-refractivity contribution in [2.45, 2.75) is 20.3 Å². The molecule has 0 aliphatic heterocycles. The van der Waals surface area contributed by atoms with E-state index in [0.717, 1.165) is 11.4 Å². The third kappa shape index (κ3) is 4.34. The average Bonchev–Trinajstić information content (AvgIpc) is 2.24. The molecule has 0 fully saturated rings. The lowest BCUT2D eigenvalue weighted by Crippen LogP contribution is -2.31. The van der Waals surface area contributed by atoms with E-state index in [1.807, 2.05) is 25.9 Å². The number of nitrogens with zero attached hydrogens (tertiary/aromatic N) is 1. The molecule has 16 heavy (non-hydrogen) atoms. The van der Waals surface area contributed by atoms with Gasteiger partial charge in [0, 0.05) is 20.5 Å². The standard InChI is InChI=1S/C13H23N3/c1-7-8-12(14)16(6)13(15-5)9-11(4)10(2)3/h7,9,11,14-15H,1-2,8H2,3-6H3. The molecule has 0 bridgehead atoms. The third-order valence-corrected chi connectivity index (χ3v) is 2.55. The Morgan fingerprint density at radius 1 is 1.56 bits per heavy atom. The summed E-state index contributed by atoms with van der Waals surface area (Å²) in [5.41, 5.74) is 1.11. The van der Waals surface area contributed by atoms with Crippen molar-refractivity contribution in [1.82, 2.24) is 10.2 Å². The maximum absolute atomic E-state index is 7.83. The minimum absolute atomic E-state index is 0.293. The molecule has 0 aliphatic carbocycles. The highest BCUT2D eigenvalue weighted by Crippen LogP contribution is 2.12. The summed E-state index contributed by atoms with van der Waals surface area (Å²) in [5.74, 6) is 1.73. The Morgan fingerprint density at radius 2 is 2.12 bits per heavy atom. The SMILES string of the molecule is C=CCC(=N)N(C)C(=CC(C)C(=C)C)NC. The van der Waals surface area contributed by atoms with E-state index in [1.165, 1.54) is 0 Å². The summed E-state index contributed by atoms with van der Waals surface area (Å²) in [4.78, 5) is 1.82. The van der Waals surface area contributed by atoms with Gasteiger partial charge in [0.05, 0.1) is 0 Å². The summed E-state index contributed by atoms with van der Waals surface area (Å²) in [5, 5.41) is 10.9. The predicted molar refractivity (Wildman–Crippen MR) is 71.4 cm³/mol. The molecule has 0 amide bonds. The molecule has 1 atom stereocenters. The fraction of sp³-hybridized carbons (Fsp3) is 0.462. The number of nitrogens with one attached hydrogen (secondary N) is 2. The molecular formula is C13H23N3. The molecule has 0 aromatic heterocycles. The number of amidine groups is 1. The topological polar surface area (TPSA) is 39.1 Å². The van der Waals surface area contributed by atoms with Crippen LogP contribution in [-0.2, 0) is 0 Å². The van der Waals surface area contributed by atoms with Crippen molar-refractivity contribution in [2.75, 3.05) is 14.1 Å². The van der Waals surface area contributed by atoms with Gasteiger partial charge in [-0.15, -0.1) is 6.58 Å². The molecule has 0 heterocycles. The Balaban J connectivity index is 4.78. The molecule has 1 unspecified atom stereocenters. The van der Waals surface area contributed by atoms with Crippen molar-refractivity contribution in [2.24, 2.45) is 5.92 Å². The highest BCUT2D eigenvalue weighted by molar-refractivity contribution is 5.81. The smallest absolute Gasteiger partial charge is 0.105 e. The van der Waals surface area contributed by atoms with Crippen LogP contribution in [0.2, 0.25) is 0 Å². The summed E-state index contributed by atoms with van der Waals surface area (Å²) in [6.07, 6.45) is 4.37. The van der Waals surface area contributed by atoms with Gasteiger partial charge in [0.2, 0.25) is 0 Å². The van der Waals surface area contributed by atoms with Crippen LogP contribution in [0.4, 0.5) is 0 Å². The first kappa shape index (κ1) is 14.5. The summed E-state index contributed by atoms with van der Waals surface area (Å²) >= 11 is 0. The molecule has 0 saturated heterocycles. The first-order valence-corrected chi connectivity index (χ1v) is 5.41.